The van der Waals surface area contributed by atoms with Crippen LogP contribution in [0, 0.1) is 0 Å². The van der Waals surface area contributed by atoms with Crippen molar-refractivity contribution in [3.05, 3.63) is 71.7 Å². The van der Waals surface area contributed by atoms with Crippen LogP contribution in [0.25, 0.3) is 22.4 Å². The van der Waals surface area contributed by atoms with E-state index in [0.29, 0.717) is 29.1 Å². The largest absolute Gasteiger partial charge is 0.549 e. The van der Waals surface area contributed by atoms with E-state index >= 15 is 0 Å². The first-order chi connectivity index (χ1) is 17.5. The van der Waals surface area contributed by atoms with Gasteiger partial charge in [0.1, 0.15) is 18.1 Å². The van der Waals surface area contributed by atoms with Gasteiger partial charge in [-0.1, -0.05) is 26.0 Å². The number of fused-ring (bicyclic) bond motifs is 1. The Hall–Kier alpha value is -4.12. The minimum absolute atomic E-state index is 0.0151. The summed E-state index contributed by atoms with van der Waals surface area (Å²) in [6.07, 6.45) is -3.33. The quantitative estimate of drug-likeness (QED) is 0.371. The van der Waals surface area contributed by atoms with Gasteiger partial charge in [-0.25, -0.2) is 15.0 Å². The molecule has 0 fully saturated rings. The van der Waals surface area contributed by atoms with E-state index in [9.17, 15) is 23.1 Å². The molecule has 0 saturated carbocycles. The zero-order valence-electron chi connectivity index (χ0n) is 20.3. The number of anilines is 2. The van der Waals surface area contributed by atoms with Crippen molar-refractivity contribution in [2.75, 3.05) is 11.9 Å². The maximum atomic E-state index is 13.5. The number of hydrogen-bond acceptors (Lipinski definition) is 8. The molecule has 0 aliphatic rings. The van der Waals surface area contributed by atoms with Gasteiger partial charge >= 0.3 is 6.18 Å². The lowest BCUT2D eigenvalue weighted by atomic mass is 9.85. The molecule has 0 radical (unpaired) electrons. The molecule has 0 saturated heterocycles. The summed E-state index contributed by atoms with van der Waals surface area (Å²) in [4.78, 5) is 28.6. The summed E-state index contributed by atoms with van der Waals surface area (Å²) < 4.78 is 46.1. The van der Waals surface area contributed by atoms with Crippen LogP contribution in [0.15, 0.2) is 54.7 Å². The van der Waals surface area contributed by atoms with Crippen LogP contribution < -0.4 is 10.4 Å². The first-order valence-electron chi connectivity index (χ1n) is 11.4. The fourth-order valence-electron chi connectivity index (χ4n) is 3.60. The number of carbonyl (C=O) groups excluding carboxylic acids is 1. The number of nitrogens with zero attached hydrogens (tertiary/aromatic N) is 4. The Bertz CT molecular complexity index is 1440. The molecular formula is C26H23F3N5O3-. The van der Waals surface area contributed by atoms with Crippen molar-refractivity contribution >= 4 is 28.5 Å². The highest BCUT2D eigenvalue weighted by Gasteiger charge is 2.34. The molecule has 8 nitrogen and oxygen atoms in total. The van der Waals surface area contributed by atoms with E-state index in [-0.39, 0.29) is 29.5 Å². The summed E-state index contributed by atoms with van der Waals surface area (Å²) in [5.41, 5.74) is -1.03. The van der Waals surface area contributed by atoms with Gasteiger partial charge in [-0.2, -0.15) is 13.2 Å². The lowest BCUT2D eigenvalue weighted by Gasteiger charge is -2.26. The summed E-state index contributed by atoms with van der Waals surface area (Å²) in [5.74, 6) is -0.546. The average molecular weight is 510 g/mol. The average Bonchev–Trinajstić information content (AvgIpc) is 2.87. The van der Waals surface area contributed by atoms with Gasteiger partial charge in [0.25, 0.3) is 0 Å². The van der Waals surface area contributed by atoms with E-state index < -0.39 is 23.1 Å². The molecule has 1 N–H and O–H groups in total. The molecule has 192 valence electrons. The third kappa shape index (κ3) is 5.51. The van der Waals surface area contributed by atoms with Gasteiger partial charge in [0, 0.05) is 23.9 Å². The number of nitrogens with one attached hydrogen (secondary N) is 1. The summed E-state index contributed by atoms with van der Waals surface area (Å²) >= 11 is 0. The number of ether oxygens (including phenoxy) is 1. The van der Waals surface area contributed by atoms with Crippen LogP contribution in [-0.2, 0) is 27.7 Å². The smallest absolute Gasteiger partial charge is 0.418 e. The maximum Gasteiger partial charge on any atom is 0.418 e. The fourth-order valence-corrected chi connectivity index (χ4v) is 3.60. The molecule has 0 aliphatic carbocycles. The Balaban J connectivity index is 1.77. The topological polar surface area (TPSA) is 113 Å². The predicted octanol–water partition coefficient (Wildman–Crippen LogP) is 4.41. The van der Waals surface area contributed by atoms with Crippen LogP contribution in [-0.4, -0.2) is 32.5 Å². The molecule has 0 unspecified atom stereocenters. The molecule has 3 heterocycles. The molecule has 4 rings (SSSR count). The van der Waals surface area contributed by atoms with Crippen molar-refractivity contribution in [1.29, 1.82) is 0 Å². The van der Waals surface area contributed by atoms with Crippen LogP contribution in [0.3, 0.4) is 0 Å². The summed E-state index contributed by atoms with van der Waals surface area (Å²) in [6.45, 7) is 5.40. The summed E-state index contributed by atoms with van der Waals surface area (Å²) in [6, 6.07) is 11.9. The standard InChI is InChI=1S/C26H24F3N5O3/c1-4-37-14-20-33-22(31-16-9-7-15(8-10-16)25(2,3)24(35)36)17-11-12-19(32-23(17)34-20)21-18(26(27,28)29)6-5-13-30-21/h5-13H,4,14H2,1-3H3,(H,35,36)(H,31,32,33,34)/p-1. The van der Waals surface area contributed by atoms with E-state index in [2.05, 4.69) is 25.3 Å². The summed E-state index contributed by atoms with van der Waals surface area (Å²) in [7, 11) is 0. The highest BCUT2D eigenvalue weighted by atomic mass is 19.4. The minimum atomic E-state index is -4.60. The van der Waals surface area contributed by atoms with Gasteiger partial charge in [0.05, 0.1) is 22.6 Å². The molecule has 3 aromatic heterocycles. The van der Waals surface area contributed by atoms with Gasteiger partial charge in [0.15, 0.2) is 11.5 Å². The van der Waals surface area contributed by atoms with Crippen LogP contribution in [0.5, 0.6) is 0 Å². The molecule has 0 bridgehead atoms. The van der Waals surface area contributed by atoms with Crippen LogP contribution >= 0.6 is 0 Å². The molecular weight excluding hydrogens is 487 g/mol. The zero-order chi connectivity index (χ0) is 26.8. The highest BCUT2D eigenvalue weighted by Crippen LogP contribution is 2.36. The van der Waals surface area contributed by atoms with E-state index in [0.717, 1.165) is 6.07 Å². The van der Waals surface area contributed by atoms with Crippen molar-refractivity contribution in [3.8, 4) is 11.4 Å². The monoisotopic (exact) mass is 510 g/mol. The zero-order valence-corrected chi connectivity index (χ0v) is 20.3. The van der Waals surface area contributed by atoms with Crippen LogP contribution in [0.4, 0.5) is 24.7 Å². The predicted molar refractivity (Wildman–Crippen MR) is 129 cm³/mol. The van der Waals surface area contributed by atoms with E-state index in [1.165, 1.54) is 18.3 Å². The van der Waals surface area contributed by atoms with Crippen molar-refractivity contribution < 1.29 is 27.8 Å². The molecule has 4 aromatic rings. The number of aromatic nitrogens is 4. The molecule has 37 heavy (non-hydrogen) atoms. The first-order valence-corrected chi connectivity index (χ1v) is 11.4. The first kappa shape index (κ1) is 26.0. The Morgan fingerprint density at radius 2 is 1.76 bits per heavy atom. The maximum absolute atomic E-state index is 13.5. The van der Waals surface area contributed by atoms with Gasteiger partial charge in [-0.15, -0.1) is 0 Å². The van der Waals surface area contributed by atoms with Crippen molar-refractivity contribution in [3.63, 3.8) is 0 Å². The minimum Gasteiger partial charge on any atom is -0.549 e. The number of aliphatic carboxylic acids is 1. The van der Waals surface area contributed by atoms with Crippen molar-refractivity contribution in [1.82, 2.24) is 19.9 Å². The summed E-state index contributed by atoms with van der Waals surface area (Å²) in [5, 5.41) is 15.1. The number of carbonyl (C=O) groups is 1. The highest BCUT2D eigenvalue weighted by molar-refractivity contribution is 5.90. The third-order valence-electron chi connectivity index (χ3n) is 5.78. The number of carboxylic acids is 1. The fraction of sp³-hybridized carbons (Fsp3) is 0.269. The van der Waals surface area contributed by atoms with E-state index in [4.69, 9.17) is 4.74 Å². The van der Waals surface area contributed by atoms with E-state index in [1.807, 2.05) is 6.92 Å². The van der Waals surface area contributed by atoms with Crippen molar-refractivity contribution in [2.24, 2.45) is 0 Å². The molecule has 11 heteroatoms. The number of alkyl halides is 3. The number of carboxylic acid groups (broad SMARTS) is 1. The van der Waals surface area contributed by atoms with Gasteiger partial charge in [0.2, 0.25) is 0 Å². The normalized spacial score (nSPS) is 12.1. The number of pyridine rings is 2. The number of benzene rings is 1. The Morgan fingerprint density at radius 1 is 1.03 bits per heavy atom. The van der Waals surface area contributed by atoms with Gasteiger partial charge in [-0.05, 0) is 48.9 Å². The Morgan fingerprint density at radius 3 is 2.41 bits per heavy atom. The number of hydrogen-bond donors (Lipinski definition) is 1. The molecule has 1 aromatic carbocycles. The number of halogens is 3. The molecule has 0 aliphatic heterocycles. The molecule has 0 amide bonds. The second-order valence-electron chi connectivity index (χ2n) is 8.71. The lowest BCUT2D eigenvalue weighted by Crippen LogP contribution is -2.41. The van der Waals surface area contributed by atoms with Crippen molar-refractivity contribution in [2.45, 2.75) is 39.0 Å². The second-order valence-corrected chi connectivity index (χ2v) is 8.71. The lowest BCUT2D eigenvalue weighted by molar-refractivity contribution is -0.312. The second kappa shape index (κ2) is 10.1. The SMILES string of the molecule is CCOCc1nc(Nc2ccc(C(C)(C)C(=O)[O-])cc2)c2ccc(-c3ncccc3C(F)(F)F)nc2n1. The van der Waals surface area contributed by atoms with Gasteiger partial charge < -0.3 is 20.0 Å². The Kier molecular flexibility index (Phi) is 7.08. The number of rotatable bonds is 8. The Labute approximate surface area is 210 Å². The van der Waals surface area contributed by atoms with E-state index in [1.54, 1.807) is 44.2 Å². The van der Waals surface area contributed by atoms with Crippen LogP contribution in [0.1, 0.15) is 37.7 Å². The third-order valence-corrected chi connectivity index (χ3v) is 5.78. The molecule has 0 spiro atoms. The van der Waals surface area contributed by atoms with Crippen LogP contribution in [0.2, 0.25) is 0 Å². The van der Waals surface area contributed by atoms with Gasteiger partial charge in [-0.3, -0.25) is 4.98 Å². The molecule has 0 atom stereocenters.